The molecule has 1 aliphatic rings. The molecule has 4 heteroatoms. The van der Waals surface area contributed by atoms with Gasteiger partial charge in [0.2, 0.25) is 0 Å². The number of rotatable bonds is 2. The molecule has 2 rings (SSSR count). The molecule has 1 aromatic rings. The first kappa shape index (κ1) is 13.9. The van der Waals surface area contributed by atoms with E-state index in [4.69, 9.17) is 11.6 Å². The Morgan fingerprint density at radius 2 is 1.94 bits per heavy atom. The van der Waals surface area contributed by atoms with Gasteiger partial charge in [-0.15, -0.1) is 11.8 Å². The topological polar surface area (TPSA) is 17.1 Å². The molecule has 0 amide bonds. The van der Waals surface area contributed by atoms with Crippen LogP contribution in [-0.2, 0) is 10.2 Å². The molecule has 98 valence electrons. The smallest absolute Gasteiger partial charge is 0.132 e. The minimum Gasteiger partial charge on any atom is -0.300 e. The van der Waals surface area contributed by atoms with Crippen LogP contribution in [0.15, 0.2) is 17.0 Å². The lowest BCUT2D eigenvalue weighted by atomic mass is 9.70. The number of carbonyl (C=O) groups excluding carboxylic acids is 1. The predicted octanol–water partition coefficient (Wildman–Crippen LogP) is 4.60. The van der Waals surface area contributed by atoms with Gasteiger partial charge < -0.3 is 0 Å². The van der Waals surface area contributed by atoms with Gasteiger partial charge in [-0.3, -0.25) is 4.79 Å². The van der Waals surface area contributed by atoms with E-state index in [-0.39, 0.29) is 11.2 Å². The highest BCUT2D eigenvalue weighted by atomic mass is 35.5. The lowest BCUT2D eigenvalue weighted by Gasteiger charge is -2.35. The summed E-state index contributed by atoms with van der Waals surface area (Å²) in [5, 5.41) is 0.483. The molecule has 18 heavy (non-hydrogen) atoms. The number of ketones is 1. The molecule has 0 bridgehead atoms. The highest BCUT2D eigenvalue weighted by Gasteiger charge is 2.35. The number of hydrogen-bond donors (Lipinski definition) is 0. The second-order valence-corrected chi connectivity index (χ2v) is 6.32. The minimum absolute atomic E-state index is 0.114. The largest absolute Gasteiger partial charge is 0.300 e. The molecule has 0 radical (unpaired) electrons. The molecule has 1 aliphatic carbocycles. The van der Waals surface area contributed by atoms with Gasteiger partial charge in [0.15, 0.2) is 0 Å². The predicted molar refractivity (Wildman–Crippen MR) is 74.0 cm³/mol. The first-order chi connectivity index (χ1) is 8.46. The summed E-state index contributed by atoms with van der Waals surface area (Å²) >= 11 is 7.74. The number of halogens is 2. The average molecular weight is 287 g/mol. The van der Waals surface area contributed by atoms with Crippen LogP contribution in [0.2, 0.25) is 5.02 Å². The van der Waals surface area contributed by atoms with Gasteiger partial charge in [0.05, 0.1) is 0 Å². The summed E-state index contributed by atoms with van der Waals surface area (Å²) in [7, 11) is 0. The van der Waals surface area contributed by atoms with Gasteiger partial charge in [-0.1, -0.05) is 18.5 Å². The lowest BCUT2D eigenvalue weighted by molar-refractivity contribution is -0.121. The molecule has 0 aromatic heterocycles. The quantitative estimate of drug-likeness (QED) is 0.739. The number of Topliss-reactive ketones (excluding diaryl/α,β-unsaturated/α-hetero) is 1. The van der Waals surface area contributed by atoms with Crippen molar-refractivity contribution in [3.8, 4) is 0 Å². The Kier molecular flexibility index (Phi) is 4.02. The monoisotopic (exact) mass is 286 g/mol. The van der Waals surface area contributed by atoms with Crippen LogP contribution in [0.1, 0.15) is 38.2 Å². The van der Waals surface area contributed by atoms with Crippen LogP contribution in [0.4, 0.5) is 4.39 Å². The molecule has 0 aliphatic heterocycles. The Morgan fingerprint density at radius 3 is 2.50 bits per heavy atom. The summed E-state index contributed by atoms with van der Waals surface area (Å²) in [5.74, 6) is 0.0139. The maximum atomic E-state index is 13.4. The Labute approximate surface area is 116 Å². The second-order valence-electron chi connectivity index (χ2n) is 5.06. The molecule has 0 atom stereocenters. The van der Waals surface area contributed by atoms with Crippen molar-refractivity contribution in [2.75, 3.05) is 6.26 Å². The summed E-state index contributed by atoms with van der Waals surface area (Å²) in [6.07, 6.45) is 4.71. The number of thioether (sulfide) groups is 1. The van der Waals surface area contributed by atoms with E-state index in [2.05, 4.69) is 6.92 Å². The third kappa shape index (κ3) is 2.57. The van der Waals surface area contributed by atoms with Crippen LogP contribution in [0.25, 0.3) is 0 Å². The molecule has 1 nitrogen and oxygen atoms in total. The van der Waals surface area contributed by atoms with Crippen LogP contribution in [0, 0.1) is 5.82 Å². The molecule has 0 heterocycles. The Balaban J connectivity index is 2.46. The minimum atomic E-state index is -0.302. The summed E-state index contributed by atoms with van der Waals surface area (Å²) in [6.45, 7) is 2.12. The lowest BCUT2D eigenvalue weighted by Crippen LogP contribution is -2.29. The van der Waals surface area contributed by atoms with Crippen molar-refractivity contribution in [2.45, 2.75) is 42.9 Å². The Hall–Kier alpha value is -0.540. The first-order valence-electron chi connectivity index (χ1n) is 6.01. The molecule has 0 saturated heterocycles. The fraction of sp³-hybridized carbons (Fsp3) is 0.500. The SMILES string of the molecule is CSc1cc(F)cc(Cl)c1C1(C)CCC(=O)CC1. The van der Waals surface area contributed by atoms with Gasteiger partial charge in [0, 0.05) is 22.8 Å². The Bertz CT molecular complexity index is 477. The average Bonchev–Trinajstić information content (AvgIpc) is 2.32. The zero-order chi connectivity index (χ0) is 13.3. The van der Waals surface area contributed by atoms with Crippen molar-refractivity contribution >= 4 is 29.1 Å². The first-order valence-corrected chi connectivity index (χ1v) is 7.62. The molecular weight excluding hydrogens is 271 g/mol. The van der Waals surface area contributed by atoms with E-state index in [1.165, 1.54) is 23.9 Å². The maximum absolute atomic E-state index is 13.4. The summed E-state index contributed by atoms with van der Waals surface area (Å²) in [5.41, 5.74) is 0.891. The van der Waals surface area contributed by atoms with Crippen LogP contribution >= 0.6 is 23.4 Å². The van der Waals surface area contributed by atoms with E-state index in [0.29, 0.717) is 23.6 Å². The van der Waals surface area contributed by atoms with Crippen LogP contribution in [0.5, 0.6) is 0 Å². The number of carbonyl (C=O) groups is 1. The van der Waals surface area contributed by atoms with E-state index in [1.54, 1.807) is 0 Å². The zero-order valence-electron chi connectivity index (χ0n) is 10.6. The van der Waals surface area contributed by atoms with E-state index >= 15 is 0 Å². The van der Waals surface area contributed by atoms with E-state index in [1.807, 2.05) is 6.26 Å². The van der Waals surface area contributed by atoms with Crippen LogP contribution in [0.3, 0.4) is 0 Å². The summed E-state index contributed by atoms with van der Waals surface area (Å²) in [4.78, 5) is 12.3. The van der Waals surface area contributed by atoms with Crippen molar-refractivity contribution in [3.63, 3.8) is 0 Å². The van der Waals surface area contributed by atoms with Crippen molar-refractivity contribution in [2.24, 2.45) is 0 Å². The molecule has 1 saturated carbocycles. The maximum Gasteiger partial charge on any atom is 0.132 e. The molecule has 1 aromatic carbocycles. The van der Waals surface area contributed by atoms with Crippen molar-refractivity contribution in [1.82, 2.24) is 0 Å². The third-order valence-electron chi connectivity index (χ3n) is 3.75. The second kappa shape index (κ2) is 5.22. The Morgan fingerprint density at radius 1 is 1.33 bits per heavy atom. The van der Waals surface area contributed by atoms with Gasteiger partial charge in [-0.25, -0.2) is 4.39 Å². The highest BCUT2D eigenvalue weighted by molar-refractivity contribution is 7.98. The fourth-order valence-electron chi connectivity index (χ4n) is 2.63. The molecule has 0 N–H and O–H groups in total. The van der Waals surface area contributed by atoms with Crippen molar-refractivity contribution in [1.29, 1.82) is 0 Å². The number of benzene rings is 1. The van der Waals surface area contributed by atoms with E-state index in [0.717, 1.165) is 23.3 Å². The fourth-order valence-corrected chi connectivity index (χ4v) is 3.91. The van der Waals surface area contributed by atoms with Crippen molar-refractivity contribution in [3.05, 3.63) is 28.5 Å². The molecular formula is C14H16ClFOS. The van der Waals surface area contributed by atoms with Gasteiger partial charge in [-0.05, 0) is 42.2 Å². The van der Waals surface area contributed by atoms with E-state index in [9.17, 15) is 9.18 Å². The van der Waals surface area contributed by atoms with Gasteiger partial charge in [0.1, 0.15) is 11.6 Å². The molecule has 1 fully saturated rings. The summed E-state index contributed by atoms with van der Waals surface area (Å²) in [6, 6.07) is 2.91. The molecule has 0 unspecified atom stereocenters. The normalized spacial score (nSPS) is 19.0. The standard InChI is InChI=1S/C14H16ClFOS/c1-14(5-3-10(17)4-6-14)13-11(15)7-9(16)8-12(13)18-2/h7-8H,3-6H2,1-2H3. The van der Waals surface area contributed by atoms with Gasteiger partial charge >= 0.3 is 0 Å². The number of hydrogen-bond acceptors (Lipinski definition) is 2. The zero-order valence-corrected chi connectivity index (χ0v) is 12.1. The third-order valence-corrected chi connectivity index (χ3v) is 4.81. The highest BCUT2D eigenvalue weighted by Crippen LogP contribution is 2.45. The van der Waals surface area contributed by atoms with Gasteiger partial charge in [0.25, 0.3) is 0 Å². The van der Waals surface area contributed by atoms with E-state index < -0.39 is 0 Å². The van der Waals surface area contributed by atoms with Crippen molar-refractivity contribution < 1.29 is 9.18 Å². The molecule has 0 spiro atoms. The van der Waals surface area contributed by atoms with Gasteiger partial charge in [-0.2, -0.15) is 0 Å². The summed E-state index contributed by atoms with van der Waals surface area (Å²) < 4.78 is 13.4. The van der Waals surface area contributed by atoms with Crippen LogP contribution < -0.4 is 0 Å². The van der Waals surface area contributed by atoms with Crippen LogP contribution in [-0.4, -0.2) is 12.0 Å².